The maximum Gasteiger partial charge on any atom is 0.339 e. The van der Waals surface area contributed by atoms with Crippen molar-refractivity contribution < 1.29 is 60.0 Å². The molecule has 0 heterocycles. The molecule has 0 saturated carbocycles. The van der Waals surface area contributed by atoms with Crippen LogP contribution in [0.2, 0.25) is 0 Å². The highest BCUT2D eigenvalue weighted by molar-refractivity contribution is 6.28. The van der Waals surface area contributed by atoms with E-state index in [0.717, 1.165) is 0 Å². The largest absolute Gasteiger partial charge is 0.832 e. The van der Waals surface area contributed by atoms with E-state index in [1.807, 2.05) is 0 Å². The van der Waals surface area contributed by atoms with Crippen LogP contribution < -0.4 is 5.02 Å². The number of rotatable bonds is 12. The molecule has 0 aliphatic rings. The summed E-state index contributed by atoms with van der Waals surface area (Å²) in [5.74, 6) is 0. The molecular weight excluding hydrogens is 297 g/mol. The smallest absolute Gasteiger partial charge is 0.339 e. The van der Waals surface area contributed by atoms with E-state index in [-0.39, 0.29) is 52.9 Å². The number of aliphatic hydroxyl groups is 4. The first kappa shape index (κ1) is 22.9. The Balaban J connectivity index is 0. The van der Waals surface area contributed by atoms with Gasteiger partial charge in [-0.25, -0.2) is 0 Å². The first-order valence-electron chi connectivity index (χ1n) is 5.90. The van der Waals surface area contributed by atoms with Crippen LogP contribution in [0.3, 0.4) is 0 Å². The predicted molar refractivity (Wildman–Crippen MR) is 62.6 cm³/mol. The van der Waals surface area contributed by atoms with Crippen molar-refractivity contribution in [2.24, 2.45) is 0 Å². The molecule has 12 nitrogen and oxygen atoms in total. The summed E-state index contributed by atoms with van der Waals surface area (Å²) in [5, 5.41) is 56.2. The van der Waals surface area contributed by atoms with E-state index in [9.17, 15) is 0 Å². The maximum absolute atomic E-state index is 8.66. The second kappa shape index (κ2) is 16.0. The first-order valence-corrected chi connectivity index (χ1v) is 5.90. The van der Waals surface area contributed by atoms with Crippen molar-refractivity contribution >= 4 is 7.32 Å². The van der Waals surface area contributed by atoms with Gasteiger partial charge in [-0.05, 0) is 0 Å². The van der Waals surface area contributed by atoms with E-state index >= 15 is 0 Å². The van der Waals surface area contributed by atoms with Crippen LogP contribution in [-0.2, 0) is 19.4 Å². The molecule has 0 fully saturated rings. The minimum atomic E-state index is -2.42. The maximum atomic E-state index is 8.66. The van der Waals surface area contributed by atoms with E-state index in [4.69, 9.17) is 54.8 Å². The van der Waals surface area contributed by atoms with E-state index in [1.165, 1.54) is 0 Å². The zero-order valence-electron chi connectivity index (χ0n) is 11.4. The summed E-state index contributed by atoms with van der Waals surface area (Å²) in [7, 11) is -2.42. The summed E-state index contributed by atoms with van der Waals surface area (Å²) in [5.41, 5.74) is 0. The standard InChI is InChI=1S/C8H20NO8.BH2O3/c10-1-5-14-9(15-6-2-11,16-7-3-12)17-8-4-13;2-1(3)4/h10-13H,1-8H2;2-3H/q+1;-1. The quantitative estimate of drug-likeness (QED) is 0.115. The van der Waals surface area contributed by atoms with Crippen LogP contribution in [-0.4, -0.2) is 95.8 Å². The van der Waals surface area contributed by atoms with Crippen LogP contribution in [0.15, 0.2) is 0 Å². The summed E-state index contributed by atoms with van der Waals surface area (Å²) in [6.07, 6.45) is 0. The third-order valence-electron chi connectivity index (χ3n) is 1.36. The number of nitrogens with zero attached hydrogens (tertiary/aromatic N) is 1. The van der Waals surface area contributed by atoms with Gasteiger partial charge in [-0.15, -0.1) is 0 Å². The molecule has 0 rings (SSSR count). The average molecular weight is 319 g/mol. The van der Waals surface area contributed by atoms with Crippen molar-refractivity contribution in [1.29, 1.82) is 0 Å². The van der Waals surface area contributed by atoms with Gasteiger partial charge in [-0.1, -0.05) is 19.4 Å². The molecule has 0 aliphatic carbocycles. The molecule has 128 valence electrons. The monoisotopic (exact) mass is 319 g/mol. The molecule has 0 bridgehead atoms. The topological polar surface area (TPSA) is 181 Å². The van der Waals surface area contributed by atoms with Crippen LogP contribution >= 0.6 is 0 Å². The van der Waals surface area contributed by atoms with Gasteiger partial charge < -0.3 is 35.5 Å². The van der Waals surface area contributed by atoms with Gasteiger partial charge in [0.25, 0.3) is 0 Å². The van der Waals surface area contributed by atoms with E-state index in [1.54, 1.807) is 0 Å². The Hall–Kier alpha value is -0.415. The van der Waals surface area contributed by atoms with E-state index in [0.29, 0.717) is 0 Å². The fourth-order valence-electron chi connectivity index (χ4n) is 0.834. The zero-order chi connectivity index (χ0) is 16.6. The number of aliphatic hydroxyl groups excluding tert-OH is 4. The molecule has 0 saturated heterocycles. The number of hydrogen-bond acceptors (Lipinski definition) is 11. The lowest BCUT2D eigenvalue weighted by Gasteiger charge is -2.24. The summed E-state index contributed by atoms with van der Waals surface area (Å²) in [6.45, 7) is -1.79. The normalized spacial score (nSPS) is 11.0. The Morgan fingerprint density at radius 2 is 0.857 bits per heavy atom. The van der Waals surface area contributed by atoms with Crippen molar-refractivity contribution in [3.05, 3.63) is 0 Å². The van der Waals surface area contributed by atoms with Gasteiger partial charge in [-0.2, -0.15) is 0 Å². The minimum Gasteiger partial charge on any atom is -0.832 e. The molecule has 0 aliphatic heterocycles. The molecule has 0 aromatic rings. The molecule has 0 unspecified atom stereocenters. The zero-order valence-corrected chi connectivity index (χ0v) is 11.4. The Morgan fingerprint density at radius 3 is 1.00 bits per heavy atom. The van der Waals surface area contributed by atoms with Gasteiger partial charge in [0.1, 0.15) is 26.4 Å². The van der Waals surface area contributed by atoms with Crippen molar-refractivity contribution in [1.82, 2.24) is 0 Å². The molecule has 0 amide bonds. The summed E-state index contributed by atoms with van der Waals surface area (Å²) in [6, 6.07) is 0. The lowest BCUT2D eigenvalue weighted by molar-refractivity contribution is -1.47. The van der Waals surface area contributed by atoms with Gasteiger partial charge in [0.2, 0.25) is 5.14 Å². The Morgan fingerprint density at radius 1 is 0.667 bits per heavy atom. The Kier molecular flexibility index (Phi) is 17.4. The SMILES string of the molecule is OCCO[N+](OCCO)(OCCO)OCCO.[O-]B(O)O. The van der Waals surface area contributed by atoms with Crippen molar-refractivity contribution in [2.75, 3.05) is 52.9 Å². The third kappa shape index (κ3) is 15.8. The fourth-order valence-corrected chi connectivity index (χ4v) is 0.834. The predicted octanol–water partition coefficient (Wildman–Crippen LogP) is -5.18. The summed E-state index contributed by atoms with van der Waals surface area (Å²) >= 11 is 0. The summed E-state index contributed by atoms with van der Waals surface area (Å²) < 4.78 is 0. The molecule has 21 heavy (non-hydrogen) atoms. The highest BCUT2D eigenvalue weighted by Gasteiger charge is 2.38. The van der Waals surface area contributed by atoms with E-state index < -0.39 is 12.5 Å². The van der Waals surface area contributed by atoms with Gasteiger partial charge in [0, 0.05) is 0 Å². The van der Waals surface area contributed by atoms with Gasteiger partial charge in [0.05, 0.1) is 26.4 Å². The molecule has 13 heteroatoms. The summed E-state index contributed by atoms with van der Waals surface area (Å²) in [4.78, 5) is 19.9. The second-order valence-electron chi connectivity index (χ2n) is 3.00. The van der Waals surface area contributed by atoms with Crippen molar-refractivity contribution in [2.45, 2.75) is 0 Å². The molecule has 0 aromatic heterocycles. The van der Waals surface area contributed by atoms with Gasteiger partial charge in [0.15, 0.2) is 0 Å². The van der Waals surface area contributed by atoms with Crippen LogP contribution in [0.25, 0.3) is 0 Å². The minimum absolute atomic E-state index is 0.151. The van der Waals surface area contributed by atoms with Crippen LogP contribution in [0, 0.1) is 0 Å². The van der Waals surface area contributed by atoms with Gasteiger partial charge >= 0.3 is 7.32 Å². The van der Waals surface area contributed by atoms with Crippen molar-refractivity contribution in [3.8, 4) is 0 Å². The lowest BCUT2D eigenvalue weighted by atomic mass is 10.3. The van der Waals surface area contributed by atoms with Crippen LogP contribution in [0.5, 0.6) is 0 Å². The van der Waals surface area contributed by atoms with E-state index in [2.05, 4.69) is 0 Å². The average Bonchev–Trinajstić information content (AvgIpc) is 2.45. The Labute approximate surface area is 121 Å². The van der Waals surface area contributed by atoms with Crippen LogP contribution in [0.4, 0.5) is 0 Å². The highest BCUT2D eigenvalue weighted by atomic mass is 17.4. The number of hydrogen-bond donors (Lipinski definition) is 6. The molecule has 0 aromatic carbocycles. The third-order valence-corrected chi connectivity index (χ3v) is 1.36. The fraction of sp³-hybridized carbons (Fsp3) is 1.00. The van der Waals surface area contributed by atoms with Crippen molar-refractivity contribution in [3.63, 3.8) is 0 Å². The molecule has 0 radical (unpaired) electrons. The molecule has 6 N–H and O–H groups in total. The first-order chi connectivity index (χ1) is 9.97. The molecule has 0 spiro atoms. The highest BCUT2D eigenvalue weighted by Crippen LogP contribution is 2.12. The Bertz CT molecular complexity index is 170. The second-order valence-corrected chi connectivity index (χ2v) is 3.00. The number of quaternary nitrogens is 1. The van der Waals surface area contributed by atoms with Crippen LogP contribution in [0.1, 0.15) is 0 Å². The lowest BCUT2D eigenvalue weighted by Crippen LogP contribution is -2.49. The molecule has 0 atom stereocenters. The molecular formula is C8H22BNO11. The van der Waals surface area contributed by atoms with Gasteiger partial charge in [-0.3, -0.25) is 0 Å².